The van der Waals surface area contributed by atoms with E-state index >= 15 is 0 Å². The molecule has 0 unspecified atom stereocenters. The highest BCUT2D eigenvalue weighted by Crippen LogP contribution is 2.46. The van der Waals surface area contributed by atoms with Crippen molar-refractivity contribution in [2.45, 2.75) is 13.8 Å². The summed E-state index contributed by atoms with van der Waals surface area (Å²) in [5.74, 6) is 0.903. The fourth-order valence-corrected chi connectivity index (χ4v) is 7.38. The van der Waals surface area contributed by atoms with Gasteiger partial charge in [-0.05, 0) is 86.5 Å². The van der Waals surface area contributed by atoms with E-state index in [1.165, 1.54) is 60.5 Å². The zero-order valence-electron chi connectivity index (χ0n) is 27.6. The van der Waals surface area contributed by atoms with E-state index in [2.05, 4.69) is 184 Å². The van der Waals surface area contributed by atoms with Gasteiger partial charge in [0.15, 0.2) is 0 Å². The Morgan fingerprint density at radius 3 is 1.29 bits per heavy atom. The highest BCUT2D eigenvalue weighted by molar-refractivity contribution is 6.22. The van der Waals surface area contributed by atoms with Crippen molar-refractivity contribution >= 4 is 32.5 Å². The molecule has 1 nitrogen and oxygen atoms in total. The van der Waals surface area contributed by atoms with Crippen LogP contribution in [0.5, 0.6) is 0 Å². The zero-order chi connectivity index (χ0) is 32.9. The molecule has 0 aliphatic carbocycles. The third-order valence-corrected chi connectivity index (χ3v) is 9.84. The molecule has 0 amide bonds. The van der Waals surface area contributed by atoms with E-state index in [1.807, 2.05) is 0 Å². The fourth-order valence-electron chi connectivity index (χ4n) is 7.38. The van der Waals surface area contributed by atoms with Crippen molar-refractivity contribution in [3.63, 3.8) is 0 Å². The average molecular weight is 627 g/mol. The summed E-state index contributed by atoms with van der Waals surface area (Å²) in [7, 11) is 0. The third kappa shape index (κ3) is 5.03. The van der Waals surface area contributed by atoms with Crippen LogP contribution in [-0.4, -0.2) is 0 Å². The second-order valence-corrected chi connectivity index (χ2v) is 13.0. The van der Waals surface area contributed by atoms with Crippen LogP contribution in [0.25, 0.3) is 88.3 Å². The van der Waals surface area contributed by atoms with E-state index in [-0.39, 0.29) is 0 Å². The summed E-state index contributed by atoms with van der Waals surface area (Å²) in [6, 6.07) is 61.4. The standard InChI is InChI=1S/C48H34O/c1-31-16-20-36(21-17-31)47-43-29-28-38(30-44(43)49-48(47)37-22-18-32(2)19-23-37)46-41-14-8-6-12-39(41)45(40-13-7-9-15-42(40)46)35-26-24-34(25-27-35)33-10-4-3-5-11-33/h3-30H,1-2H3. The van der Waals surface area contributed by atoms with Crippen LogP contribution in [0.4, 0.5) is 0 Å². The minimum Gasteiger partial charge on any atom is -0.455 e. The van der Waals surface area contributed by atoms with Crippen LogP contribution in [-0.2, 0) is 0 Å². The van der Waals surface area contributed by atoms with Crippen LogP contribution in [0, 0.1) is 13.8 Å². The molecule has 0 radical (unpaired) electrons. The molecule has 0 aliphatic heterocycles. The average Bonchev–Trinajstić information content (AvgIpc) is 3.53. The van der Waals surface area contributed by atoms with E-state index in [0.29, 0.717) is 0 Å². The van der Waals surface area contributed by atoms with Gasteiger partial charge in [0.2, 0.25) is 0 Å². The molecule has 1 heterocycles. The van der Waals surface area contributed by atoms with E-state index in [9.17, 15) is 0 Å². The molecule has 0 saturated heterocycles. The second-order valence-electron chi connectivity index (χ2n) is 13.0. The highest BCUT2D eigenvalue weighted by Gasteiger charge is 2.21. The van der Waals surface area contributed by atoms with E-state index in [4.69, 9.17) is 4.42 Å². The first-order valence-corrected chi connectivity index (χ1v) is 16.9. The monoisotopic (exact) mass is 626 g/mol. The van der Waals surface area contributed by atoms with Crippen LogP contribution in [0.1, 0.15) is 11.1 Å². The predicted molar refractivity (Wildman–Crippen MR) is 208 cm³/mol. The lowest BCUT2D eigenvalue weighted by molar-refractivity contribution is 0.632. The SMILES string of the molecule is Cc1ccc(-c2oc3cc(-c4c5ccccc5c(-c5ccc(-c6ccccc6)cc5)c5ccccc45)ccc3c2-c2ccc(C)cc2)cc1. The van der Waals surface area contributed by atoms with Crippen molar-refractivity contribution in [2.75, 3.05) is 0 Å². The minimum atomic E-state index is 0.886. The van der Waals surface area contributed by atoms with Crippen LogP contribution in [0.3, 0.4) is 0 Å². The van der Waals surface area contributed by atoms with Crippen molar-refractivity contribution < 1.29 is 4.42 Å². The van der Waals surface area contributed by atoms with Gasteiger partial charge in [-0.25, -0.2) is 0 Å². The van der Waals surface area contributed by atoms with E-state index in [1.54, 1.807) is 0 Å². The van der Waals surface area contributed by atoms with Crippen LogP contribution < -0.4 is 0 Å². The molecular formula is C48H34O. The number of benzene rings is 8. The Labute approximate surface area is 286 Å². The van der Waals surface area contributed by atoms with Crippen LogP contribution in [0.15, 0.2) is 174 Å². The summed E-state index contributed by atoms with van der Waals surface area (Å²) in [6.45, 7) is 4.25. The number of rotatable bonds is 5. The molecule has 0 aliphatic rings. The van der Waals surface area contributed by atoms with Gasteiger partial charge in [-0.1, -0.05) is 169 Å². The zero-order valence-corrected chi connectivity index (χ0v) is 27.6. The molecule has 0 fully saturated rings. The first-order valence-electron chi connectivity index (χ1n) is 16.9. The molecule has 9 aromatic rings. The van der Waals surface area contributed by atoms with Gasteiger partial charge in [-0.2, -0.15) is 0 Å². The van der Waals surface area contributed by atoms with Gasteiger partial charge in [0.25, 0.3) is 0 Å². The predicted octanol–water partition coefficient (Wildman–Crippen LogP) is 13.7. The quantitative estimate of drug-likeness (QED) is 0.173. The van der Waals surface area contributed by atoms with Gasteiger partial charge in [0, 0.05) is 16.5 Å². The Kier molecular flexibility index (Phi) is 6.99. The third-order valence-electron chi connectivity index (χ3n) is 9.84. The second kappa shape index (κ2) is 11.8. The van der Waals surface area contributed by atoms with Crippen molar-refractivity contribution in [3.05, 3.63) is 181 Å². The van der Waals surface area contributed by atoms with Gasteiger partial charge >= 0.3 is 0 Å². The summed E-state index contributed by atoms with van der Waals surface area (Å²) in [5.41, 5.74) is 14.0. The molecule has 1 aromatic heterocycles. The molecule has 8 aromatic carbocycles. The Morgan fingerprint density at radius 1 is 0.306 bits per heavy atom. The number of hydrogen-bond donors (Lipinski definition) is 0. The molecule has 49 heavy (non-hydrogen) atoms. The normalized spacial score (nSPS) is 11.5. The molecule has 0 atom stereocenters. The summed E-state index contributed by atoms with van der Waals surface area (Å²) in [5, 5.41) is 6.05. The largest absolute Gasteiger partial charge is 0.455 e. The van der Waals surface area contributed by atoms with Crippen molar-refractivity contribution in [3.8, 4) is 55.8 Å². The molecular weight excluding hydrogens is 593 g/mol. The Morgan fingerprint density at radius 2 is 0.714 bits per heavy atom. The van der Waals surface area contributed by atoms with Crippen molar-refractivity contribution in [2.24, 2.45) is 0 Å². The molecule has 9 rings (SSSR count). The van der Waals surface area contributed by atoms with Crippen LogP contribution in [0.2, 0.25) is 0 Å². The topological polar surface area (TPSA) is 13.1 Å². The number of hydrogen-bond acceptors (Lipinski definition) is 1. The Hall–Kier alpha value is -6.18. The smallest absolute Gasteiger partial charge is 0.143 e. The molecule has 0 N–H and O–H groups in total. The summed E-state index contributed by atoms with van der Waals surface area (Å²) in [4.78, 5) is 0. The number of aryl methyl sites for hydroxylation is 2. The van der Waals surface area contributed by atoms with E-state index in [0.717, 1.165) is 39.0 Å². The molecule has 0 bridgehead atoms. The van der Waals surface area contributed by atoms with E-state index < -0.39 is 0 Å². The fraction of sp³-hybridized carbons (Fsp3) is 0.0417. The Bertz CT molecular complexity index is 2570. The minimum absolute atomic E-state index is 0.886. The summed E-state index contributed by atoms with van der Waals surface area (Å²) < 4.78 is 6.84. The molecule has 232 valence electrons. The summed E-state index contributed by atoms with van der Waals surface area (Å²) >= 11 is 0. The van der Waals surface area contributed by atoms with Gasteiger partial charge in [-0.15, -0.1) is 0 Å². The maximum absolute atomic E-state index is 6.84. The number of furan rings is 1. The van der Waals surface area contributed by atoms with Gasteiger partial charge < -0.3 is 4.42 Å². The lowest BCUT2D eigenvalue weighted by Crippen LogP contribution is -1.91. The summed E-state index contributed by atoms with van der Waals surface area (Å²) in [6.07, 6.45) is 0. The maximum atomic E-state index is 6.84. The Balaban J connectivity index is 1.26. The molecule has 0 saturated carbocycles. The first kappa shape index (κ1) is 29.0. The first-order chi connectivity index (χ1) is 24.1. The molecule has 0 spiro atoms. The lowest BCUT2D eigenvalue weighted by Gasteiger charge is -2.18. The highest BCUT2D eigenvalue weighted by atomic mass is 16.3. The lowest BCUT2D eigenvalue weighted by atomic mass is 9.85. The number of fused-ring (bicyclic) bond motifs is 3. The molecule has 1 heteroatoms. The van der Waals surface area contributed by atoms with Gasteiger partial charge in [0.05, 0.1) is 0 Å². The van der Waals surface area contributed by atoms with Crippen molar-refractivity contribution in [1.29, 1.82) is 0 Å². The van der Waals surface area contributed by atoms with Gasteiger partial charge in [-0.3, -0.25) is 0 Å². The maximum Gasteiger partial charge on any atom is 0.143 e. The van der Waals surface area contributed by atoms with Crippen molar-refractivity contribution in [1.82, 2.24) is 0 Å². The van der Waals surface area contributed by atoms with Crippen LogP contribution >= 0.6 is 0 Å². The van der Waals surface area contributed by atoms with Gasteiger partial charge in [0.1, 0.15) is 11.3 Å².